The highest BCUT2D eigenvalue weighted by atomic mass is 16.4. The molecule has 0 aromatic heterocycles. The lowest BCUT2D eigenvalue weighted by atomic mass is 9.92. The molecular formula is C19H21N2O3-. The van der Waals surface area contributed by atoms with Crippen molar-refractivity contribution in [2.45, 2.75) is 18.8 Å². The molecule has 1 N–H and O–H groups in total. The fourth-order valence-corrected chi connectivity index (χ4v) is 2.51. The Kier molecular flexibility index (Phi) is 5.95. The molecule has 2 rings (SSSR count). The van der Waals surface area contributed by atoms with E-state index >= 15 is 0 Å². The number of nitrogens with one attached hydrogen (secondary N) is 1. The maximum atomic E-state index is 12.3. The van der Waals surface area contributed by atoms with Crippen molar-refractivity contribution in [3.63, 3.8) is 0 Å². The van der Waals surface area contributed by atoms with E-state index in [1.165, 1.54) is 0 Å². The summed E-state index contributed by atoms with van der Waals surface area (Å²) in [5.74, 6) is -1.79. The van der Waals surface area contributed by atoms with Crippen LogP contribution >= 0.6 is 0 Å². The summed E-state index contributed by atoms with van der Waals surface area (Å²) in [6, 6.07) is 16.6. The van der Waals surface area contributed by atoms with Gasteiger partial charge in [-0.3, -0.25) is 4.79 Å². The van der Waals surface area contributed by atoms with Crippen molar-refractivity contribution in [3.8, 4) is 0 Å². The number of carboxylic acids is 1. The van der Waals surface area contributed by atoms with Crippen LogP contribution in [0.25, 0.3) is 0 Å². The molecule has 0 heterocycles. The molecule has 0 aliphatic rings. The first-order valence-corrected chi connectivity index (χ1v) is 7.77. The van der Waals surface area contributed by atoms with E-state index in [4.69, 9.17) is 0 Å². The average molecular weight is 325 g/mol. The van der Waals surface area contributed by atoms with Gasteiger partial charge in [0.15, 0.2) is 0 Å². The monoisotopic (exact) mass is 325 g/mol. The van der Waals surface area contributed by atoms with Crippen LogP contribution in [0.4, 0.5) is 11.4 Å². The predicted octanol–water partition coefficient (Wildman–Crippen LogP) is 2.00. The summed E-state index contributed by atoms with van der Waals surface area (Å²) in [7, 11) is 3.88. The zero-order valence-corrected chi connectivity index (χ0v) is 13.9. The van der Waals surface area contributed by atoms with Gasteiger partial charge in [-0.1, -0.05) is 30.3 Å². The molecule has 0 saturated carbocycles. The number of hydrogen-bond donors (Lipinski definition) is 1. The highest BCUT2D eigenvalue weighted by Crippen LogP contribution is 2.24. The Bertz CT molecular complexity index is 682. The minimum atomic E-state index is -1.16. The maximum absolute atomic E-state index is 12.3. The fourth-order valence-electron chi connectivity index (χ4n) is 2.51. The Morgan fingerprint density at radius 3 is 2.17 bits per heavy atom. The van der Waals surface area contributed by atoms with Gasteiger partial charge in [0.05, 0.1) is 0 Å². The molecule has 0 bridgehead atoms. The van der Waals surface area contributed by atoms with Gasteiger partial charge in [0.2, 0.25) is 5.91 Å². The van der Waals surface area contributed by atoms with Crippen molar-refractivity contribution in [2.75, 3.05) is 24.3 Å². The zero-order chi connectivity index (χ0) is 17.5. The van der Waals surface area contributed by atoms with E-state index in [1.54, 1.807) is 0 Å². The number of rotatable bonds is 7. The number of anilines is 2. The van der Waals surface area contributed by atoms with Gasteiger partial charge in [0.1, 0.15) is 0 Å². The number of amides is 1. The summed E-state index contributed by atoms with van der Waals surface area (Å²) in [6.45, 7) is 0. The molecule has 2 aromatic rings. The second kappa shape index (κ2) is 8.15. The highest BCUT2D eigenvalue weighted by molar-refractivity contribution is 5.91. The number of hydrogen-bond acceptors (Lipinski definition) is 4. The molecule has 0 saturated heterocycles. The molecule has 5 nitrogen and oxygen atoms in total. The van der Waals surface area contributed by atoms with Gasteiger partial charge < -0.3 is 20.1 Å². The third-order valence-corrected chi connectivity index (χ3v) is 3.78. The Balaban J connectivity index is 2.03. The third kappa shape index (κ3) is 5.12. The molecule has 0 spiro atoms. The Labute approximate surface area is 141 Å². The Hall–Kier alpha value is -2.82. The first-order valence-electron chi connectivity index (χ1n) is 7.77. The van der Waals surface area contributed by atoms with E-state index in [2.05, 4.69) is 5.32 Å². The lowest BCUT2D eigenvalue weighted by Crippen LogP contribution is -2.26. The van der Waals surface area contributed by atoms with E-state index in [9.17, 15) is 14.7 Å². The molecule has 2 aromatic carbocycles. The van der Waals surface area contributed by atoms with Crippen molar-refractivity contribution in [2.24, 2.45) is 0 Å². The summed E-state index contributed by atoms with van der Waals surface area (Å²) < 4.78 is 0. The van der Waals surface area contributed by atoms with Crippen LogP contribution in [0.15, 0.2) is 54.6 Å². The Morgan fingerprint density at radius 1 is 1.00 bits per heavy atom. The normalized spacial score (nSPS) is 11.6. The van der Waals surface area contributed by atoms with Crippen LogP contribution < -0.4 is 15.3 Å². The summed E-state index contributed by atoms with van der Waals surface area (Å²) in [5.41, 5.74) is 2.54. The third-order valence-electron chi connectivity index (χ3n) is 3.78. The van der Waals surface area contributed by atoms with Crippen LogP contribution in [0.5, 0.6) is 0 Å². The molecular weight excluding hydrogens is 304 g/mol. The molecule has 1 atom stereocenters. The first kappa shape index (κ1) is 17.5. The van der Waals surface area contributed by atoms with Crippen molar-refractivity contribution in [1.82, 2.24) is 0 Å². The molecule has 0 fully saturated rings. The SMILES string of the molecule is CN(C)c1ccc(NC(=O)C[C@H](CC(=O)[O-])c2ccccc2)cc1. The van der Waals surface area contributed by atoms with Gasteiger partial charge in [0.25, 0.3) is 0 Å². The van der Waals surface area contributed by atoms with E-state index in [-0.39, 0.29) is 18.7 Å². The number of aliphatic carboxylic acids is 1. The molecule has 1 amide bonds. The smallest absolute Gasteiger partial charge is 0.224 e. The largest absolute Gasteiger partial charge is 0.550 e. The van der Waals surface area contributed by atoms with E-state index in [1.807, 2.05) is 73.6 Å². The van der Waals surface area contributed by atoms with Gasteiger partial charge in [-0.2, -0.15) is 0 Å². The lowest BCUT2D eigenvalue weighted by Gasteiger charge is -2.18. The predicted molar refractivity (Wildman–Crippen MR) is 92.8 cm³/mol. The van der Waals surface area contributed by atoms with Crippen molar-refractivity contribution in [3.05, 3.63) is 60.2 Å². The van der Waals surface area contributed by atoms with Gasteiger partial charge in [-0.25, -0.2) is 0 Å². The van der Waals surface area contributed by atoms with Gasteiger partial charge in [0, 0.05) is 37.9 Å². The van der Waals surface area contributed by atoms with E-state index < -0.39 is 11.9 Å². The second-order valence-electron chi connectivity index (χ2n) is 5.88. The molecule has 0 unspecified atom stereocenters. The standard InChI is InChI=1S/C19H22N2O3/c1-21(2)17-10-8-16(9-11-17)20-18(22)12-15(13-19(23)24)14-6-4-3-5-7-14/h3-11,15H,12-13H2,1-2H3,(H,20,22)(H,23,24)/p-1/t15-/m1/s1. The molecule has 24 heavy (non-hydrogen) atoms. The summed E-state index contributed by atoms with van der Waals surface area (Å²) in [4.78, 5) is 25.2. The van der Waals surface area contributed by atoms with Crippen molar-refractivity contribution in [1.29, 1.82) is 0 Å². The summed E-state index contributed by atoms with van der Waals surface area (Å²) in [5, 5.41) is 13.8. The number of benzene rings is 2. The Morgan fingerprint density at radius 2 is 1.62 bits per heavy atom. The summed E-state index contributed by atoms with van der Waals surface area (Å²) >= 11 is 0. The van der Waals surface area contributed by atoms with Crippen molar-refractivity contribution < 1.29 is 14.7 Å². The maximum Gasteiger partial charge on any atom is 0.224 e. The molecule has 0 aliphatic heterocycles. The van der Waals surface area contributed by atoms with Gasteiger partial charge in [-0.05, 0) is 42.2 Å². The quantitative estimate of drug-likeness (QED) is 0.845. The van der Waals surface area contributed by atoms with Crippen LogP contribution in [0.2, 0.25) is 0 Å². The summed E-state index contributed by atoms with van der Waals surface area (Å²) in [6.07, 6.45) is -0.0928. The molecule has 5 heteroatoms. The number of carboxylic acid groups (broad SMARTS) is 1. The van der Waals surface area contributed by atoms with Gasteiger partial charge in [-0.15, -0.1) is 0 Å². The highest BCUT2D eigenvalue weighted by Gasteiger charge is 2.16. The van der Waals surface area contributed by atoms with E-state index in [0.717, 1.165) is 11.3 Å². The van der Waals surface area contributed by atoms with Crippen LogP contribution in [0, 0.1) is 0 Å². The van der Waals surface area contributed by atoms with Gasteiger partial charge >= 0.3 is 0 Å². The fraction of sp³-hybridized carbons (Fsp3) is 0.263. The van der Waals surface area contributed by atoms with E-state index in [0.29, 0.717) is 5.69 Å². The minimum Gasteiger partial charge on any atom is -0.550 e. The van der Waals surface area contributed by atoms with Crippen LogP contribution in [-0.2, 0) is 9.59 Å². The van der Waals surface area contributed by atoms with Crippen LogP contribution in [0.1, 0.15) is 24.3 Å². The number of carbonyl (C=O) groups is 2. The number of nitrogens with zero attached hydrogens (tertiary/aromatic N) is 1. The van der Waals surface area contributed by atoms with Crippen molar-refractivity contribution >= 4 is 23.3 Å². The van der Waals surface area contributed by atoms with Crippen LogP contribution in [-0.4, -0.2) is 26.0 Å². The topological polar surface area (TPSA) is 72.5 Å². The molecule has 0 aliphatic carbocycles. The van der Waals surface area contributed by atoms with Crippen LogP contribution in [0.3, 0.4) is 0 Å². The molecule has 0 radical (unpaired) electrons. The minimum absolute atomic E-state index is 0.0907. The second-order valence-corrected chi connectivity index (χ2v) is 5.88. The lowest BCUT2D eigenvalue weighted by molar-refractivity contribution is -0.306. The zero-order valence-electron chi connectivity index (χ0n) is 13.9. The first-order chi connectivity index (χ1) is 11.5. The molecule has 126 valence electrons. The average Bonchev–Trinajstić information content (AvgIpc) is 2.55. The number of carbonyl (C=O) groups excluding carboxylic acids is 2.